The summed E-state index contributed by atoms with van der Waals surface area (Å²) < 4.78 is 2.98. The maximum Gasteiger partial charge on any atom is 0.189 e. The molecule has 22 heavy (non-hydrogen) atoms. The Morgan fingerprint density at radius 3 is 2.91 bits per heavy atom. The lowest BCUT2D eigenvalue weighted by Gasteiger charge is -2.17. The average Bonchev–Trinajstić information content (AvgIpc) is 2.92. The minimum absolute atomic E-state index is 0.131. The number of hydrogen-bond acceptors (Lipinski definition) is 2. The molecule has 0 saturated heterocycles. The monoisotopic (exact) mass is 352 g/mol. The van der Waals surface area contributed by atoms with Gasteiger partial charge in [0.05, 0.1) is 11.9 Å². The molecule has 0 atom stereocenters. The number of nitrogens with zero attached hydrogens (tertiary/aromatic N) is 2. The normalized spacial score (nSPS) is 16.2. The number of hydrogen-bond donors (Lipinski definition) is 0. The van der Waals surface area contributed by atoms with Crippen LogP contribution in [0, 0.1) is 0 Å². The first-order valence-electron chi connectivity index (χ1n) is 7.18. The smallest absolute Gasteiger partial charge is 0.189 e. The van der Waals surface area contributed by atoms with E-state index in [0.717, 1.165) is 45.4 Å². The second-order valence-electron chi connectivity index (χ2n) is 5.41. The Balaban J connectivity index is 1.80. The van der Waals surface area contributed by atoms with Gasteiger partial charge in [-0.2, -0.15) is 0 Å². The molecule has 3 nitrogen and oxygen atoms in total. The molecule has 1 aliphatic carbocycles. The quantitative estimate of drug-likeness (QED) is 0.611. The molecule has 0 bridgehead atoms. The van der Waals surface area contributed by atoms with E-state index < -0.39 is 0 Å². The van der Waals surface area contributed by atoms with Crippen molar-refractivity contribution in [1.29, 1.82) is 0 Å². The SMILES string of the molecule is O=C1/C(=C/c2cnc3ccc(Br)cn23)CCc2ccccc21. The summed E-state index contributed by atoms with van der Waals surface area (Å²) in [5, 5.41) is 0. The molecule has 4 rings (SSSR count). The van der Waals surface area contributed by atoms with Gasteiger partial charge < -0.3 is 0 Å². The molecule has 0 amide bonds. The molecule has 3 aromatic rings. The van der Waals surface area contributed by atoms with Gasteiger partial charge in [0.2, 0.25) is 0 Å². The summed E-state index contributed by atoms with van der Waals surface area (Å²) in [7, 11) is 0. The maximum absolute atomic E-state index is 12.6. The number of carbonyl (C=O) groups excluding carboxylic acids is 1. The van der Waals surface area contributed by atoms with Crippen molar-refractivity contribution in [3.8, 4) is 0 Å². The van der Waals surface area contributed by atoms with Crippen molar-refractivity contribution in [2.24, 2.45) is 0 Å². The molecule has 2 heterocycles. The molecule has 2 aromatic heterocycles. The zero-order chi connectivity index (χ0) is 15.1. The van der Waals surface area contributed by atoms with Gasteiger partial charge in [-0.1, -0.05) is 24.3 Å². The maximum atomic E-state index is 12.6. The van der Waals surface area contributed by atoms with Crippen LogP contribution < -0.4 is 0 Å². The zero-order valence-corrected chi connectivity index (χ0v) is 13.4. The molecule has 0 aliphatic heterocycles. The first kappa shape index (κ1) is 13.5. The molecule has 0 fully saturated rings. The minimum Gasteiger partial charge on any atom is -0.299 e. The number of fused-ring (bicyclic) bond motifs is 2. The van der Waals surface area contributed by atoms with Crippen molar-refractivity contribution >= 4 is 33.4 Å². The van der Waals surface area contributed by atoms with Gasteiger partial charge >= 0.3 is 0 Å². The average molecular weight is 353 g/mol. The number of ketones is 1. The number of allylic oxidation sites excluding steroid dienone is 1. The van der Waals surface area contributed by atoms with E-state index in [1.54, 1.807) is 0 Å². The molecule has 0 radical (unpaired) electrons. The Hall–Kier alpha value is -2.20. The first-order valence-corrected chi connectivity index (χ1v) is 7.97. The Morgan fingerprint density at radius 2 is 2.00 bits per heavy atom. The largest absolute Gasteiger partial charge is 0.299 e. The summed E-state index contributed by atoms with van der Waals surface area (Å²) in [6.07, 6.45) is 7.43. The van der Waals surface area contributed by atoms with E-state index in [4.69, 9.17) is 0 Å². The second-order valence-corrected chi connectivity index (χ2v) is 6.33. The number of aryl methyl sites for hydroxylation is 1. The Bertz CT molecular complexity index is 924. The van der Waals surface area contributed by atoms with Crippen LogP contribution >= 0.6 is 15.9 Å². The van der Waals surface area contributed by atoms with E-state index in [2.05, 4.69) is 20.9 Å². The topological polar surface area (TPSA) is 34.4 Å². The molecular formula is C18H13BrN2O. The highest BCUT2D eigenvalue weighted by atomic mass is 79.9. The third-order valence-corrected chi connectivity index (χ3v) is 4.51. The van der Waals surface area contributed by atoms with Gasteiger partial charge in [-0.05, 0) is 52.5 Å². The number of halogens is 1. The van der Waals surface area contributed by atoms with Crippen LogP contribution in [0.3, 0.4) is 0 Å². The predicted molar refractivity (Wildman–Crippen MR) is 90.0 cm³/mol. The fourth-order valence-electron chi connectivity index (χ4n) is 2.91. The third kappa shape index (κ3) is 2.20. The molecule has 0 spiro atoms. The molecule has 108 valence electrons. The summed E-state index contributed by atoms with van der Waals surface area (Å²) in [5.41, 5.74) is 4.62. The van der Waals surface area contributed by atoms with Crippen LogP contribution in [0.25, 0.3) is 11.7 Å². The molecule has 4 heteroatoms. The van der Waals surface area contributed by atoms with Gasteiger partial charge in [-0.25, -0.2) is 4.98 Å². The Labute approximate surface area is 136 Å². The molecule has 0 N–H and O–H groups in total. The predicted octanol–water partition coefficient (Wildman–Crippen LogP) is 4.31. The number of imidazole rings is 1. The fraction of sp³-hybridized carbons (Fsp3) is 0.111. The summed E-state index contributed by atoms with van der Waals surface area (Å²) in [6, 6.07) is 11.8. The van der Waals surface area contributed by atoms with Gasteiger partial charge in [-0.15, -0.1) is 0 Å². The van der Waals surface area contributed by atoms with Gasteiger partial charge in [0.15, 0.2) is 5.78 Å². The lowest BCUT2D eigenvalue weighted by Crippen LogP contribution is -2.13. The van der Waals surface area contributed by atoms with Crippen LogP contribution in [0.1, 0.15) is 28.0 Å². The van der Waals surface area contributed by atoms with Crippen LogP contribution in [0.2, 0.25) is 0 Å². The molecule has 1 aliphatic rings. The zero-order valence-electron chi connectivity index (χ0n) is 11.8. The van der Waals surface area contributed by atoms with Gasteiger partial charge in [0, 0.05) is 21.8 Å². The van der Waals surface area contributed by atoms with Crippen molar-refractivity contribution in [1.82, 2.24) is 9.38 Å². The van der Waals surface area contributed by atoms with E-state index in [1.165, 1.54) is 0 Å². The van der Waals surface area contributed by atoms with Gasteiger partial charge in [0.25, 0.3) is 0 Å². The molecule has 1 aromatic carbocycles. The van der Waals surface area contributed by atoms with Crippen LogP contribution in [0.4, 0.5) is 0 Å². The summed E-state index contributed by atoms with van der Waals surface area (Å²) in [4.78, 5) is 17.0. The highest BCUT2D eigenvalue weighted by molar-refractivity contribution is 9.10. The van der Waals surface area contributed by atoms with E-state index in [0.29, 0.717) is 0 Å². The van der Waals surface area contributed by atoms with E-state index in [-0.39, 0.29) is 5.78 Å². The highest BCUT2D eigenvalue weighted by Crippen LogP contribution is 2.26. The summed E-state index contributed by atoms with van der Waals surface area (Å²) in [6.45, 7) is 0. The van der Waals surface area contributed by atoms with Crippen molar-refractivity contribution in [2.75, 3.05) is 0 Å². The van der Waals surface area contributed by atoms with E-state index in [1.807, 2.05) is 59.3 Å². The number of carbonyl (C=O) groups is 1. The number of benzene rings is 1. The van der Waals surface area contributed by atoms with Crippen LogP contribution in [0.15, 0.2) is 58.8 Å². The van der Waals surface area contributed by atoms with Crippen LogP contribution in [0.5, 0.6) is 0 Å². The molecule has 0 saturated carbocycles. The standard InChI is InChI=1S/C18H13BrN2O/c19-14-7-8-17-20-10-15(21(17)11-14)9-13-6-5-12-3-1-2-4-16(12)18(13)22/h1-4,7-11H,5-6H2/b13-9+. The third-order valence-electron chi connectivity index (χ3n) is 4.04. The van der Waals surface area contributed by atoms with Crippen molar-refractivity contribution in [3.05, 3.63) is 75.7 Å². The highest BCUT2D eigenvalue weighted by Gasteiger charge is 2.21. The number of aromatic nitrogens is 2. The van der Waals surface area contributed by atoms with Crippen LogP contribution in [-0.2, 0) is 6.42 Å². The molecule has 0 unspecified atom stereocenters. The number of rotatable bonds is 1. The number of pyridine rings is 1. The van der Waals surface area contributed by atoms with Crippen molar-refractivity contribution in [2.45, 2.75) is 12.8 Å². The van der Waals surface area contributed by atoms with Crippen molar-refractivity contribution in [3.63, 3.8) is 0 Å². The van der Waals surface area contributed by atoms with E-state index >= 15 is 0 Å². The van der Waals surface area contributed by atoms with Crippen molar-refractivity contribution < 1.29 is 4.79 Å². The second kappa shape index (κ2) is 5.21. The lowest BCUT2D eigenvalue weighted by atomic mass is 9.86. The Morgan fingerprint density at radius 1 is 1.14 bits per heavy atom. The first-order chi connectivity index (χ1) is 10.7. The van der Waals surface area contributed by atoms with Gasteiger partial charge in [0.1, 0.15) is 5.65 Å². The lowest BCUT2D eigenvalue weighted by molar-refractivity contribution is 0.102. The fourth-order valence-corrected chi connectivity index (χ4v) is 3.25. The summed E-state index contributed by atoms with van der Waals surface area (Å²) >= 11 is 3.47. The van der Waals surface area contributed by atoms with Crippen LogP contribution in [-0.4, -0.2) is 15.2 Å². The van der Waals surface area contributed by atoms with E-state index in [9.17, 15) is 4.79 Å². The molecular weight excluding hydrogens is 340 g/mol. The Kier molecular flexibility index (Phi) is 3.19. The minimum atomic E-state index is 0.131. The number of Topliss-reactive ketones (excluding diaryl/α,β-unsaturated/α-hetero) is 1. The summed E-state index contributed by atoms with van der Waals surface area (Å²) in [5.74, 6) is 0.131. The van der Waals surface area contributed by atoms with Gasteiger partial charge in [-0.3, -0.25) is 9.20 Å².